The van der Waals surface area contributed by atoms with E-state index in [1.807, 2.05) is 31.2 Å². The van der Waals surface area contributed by atoms with Gasteiger partial charge in [-0.05, 0) is 49.7 Å². The summed E-state index contributed by atoms with van der Waals surface area (Å²) in [5.74, 6) is 0.685. The molecule has 0 aliphatic heterocycles. The largest absolute Gasteiger partial charge is 0.388 e. The fraction of sp³-hybridized carbons (Fsp3) is 0.588. The molecule has 0 bridgehead atoms. The third-order valence-electron chi connectivity index (χ3n) is 4.43. The van der Waals surface area contributed by atoms with Gasteiger partial charge in [-0.2, -0.15) is 0 Å². The van der Waals surface area contributed by atoms with Crippen LogP contribution in [0.5, 0.6) is 0 Å². The normalized spacial score (nSPS) is 26.2. The first-order valence-corrected chi connectivity index (χ1v) is 7.52. The summed E-state index contributed by atoms with van der Waals surface area (Å²) < 4.78 is 0. The minimum absolute atomic E-state index is 0.00801. The van der Waals surface area contributed by atoms with Gasteiger partial charge in [0.15, 0.2) is 0 Å². The first kappa shape index (κ1) is 15.0. The Labute approximate surface area is 121 Å². The zero-order chi connectivity index (χ0) is 14.6. The SMILES string of the molecule is Cc1ccccc1CC(=O)NCC1(O)CCC(C)CC1. The molecule has 0 spiro atoms. The van der Waals surface area contributed by atoms with E-state index >= 15 is 0 Å². The standard InChI is InChI=1S/C17H25NO2/c1-13-7-9-17(20,10-8-13)12-18-16(19)11-15-6-4-3-5-14(15)2/h3-6,13,20H,7-12H2,1-2H3,(H,18,19). The van der Waals surface area contributed by atoms with E-state index in [9.17, 15) is 9.90 Å². The van der Waals surface area contributed by atoms with E-state index in [1.54, 1.807) is 0 Å². The van der Waals surface area contributed by atoms with Crippen LogP contribution in [0.25, 0.3) is 0 Å². The lowest BCUT2D eigenvalue weighted by Crippen LogP contribution is -2.45. The first-order chi connectivity index (χ1) is 9.48. The minimum atomic E-state index is -0.700. The highest BCUT2D eigenvalue weighted by molar-refractivity contribution is 5.79. The van der Waals surface area contributed by atoms with Crippen LogP contribution in [-0.4, -0.2) is 23.2 Å². The number of aryl methyl sites for hydroxylation is 1. The molecular formula is C17H25NO2. The van der Waals surface area contributed by atoms with E-state index in [0.29, 0.717) is 18.9 Å². The predicted molar refractivity (Wildman–Crippen MR) is 80.5 cm³/mol. The van der Waals surface area contributed by atoms with Crippen molar-refractivity contribution in [1.82, 2.24) is 5.32 Å². The van der Waals surface area contributed by atoms with E-state index < -0.39 is 5.60 Å². The maximum atomic E-state index is 12.0. The number of carbonyl (C=O) groups is 1. The molecule has 1 aliphatic carbocycles. The molecule has 1 aromatic carbocycles. The molecular weight excluding hydrogens is 250 g/mol. The average molecular weight is 275 g/mol. The van der Waals surface area contributed by atoms with Crippen molar-refractivity contribution in [2.75, 3.05) is 6.54 Å². The van der Waals surface area contributed by atoms with E-state index in [4.69, 9.17) is 0 Å². The van der Waals surface area contributed by atoms with Gasteiger partial charge in [-0.3, -0.25) is 4.79 Å². The van der Waals surface area contributed by atoms with Crippen molar-refractivity contribution in [3.63, 3.8) is 0 Å². The quantitative estimate of drug-likeness (QED) is 0.887. The van der Waals surface area contributed by atoms with Gasteiger partial charge in [-0.1, -0.05) is 31.2 Å². The molecule has 2 N–H and O–H groups in total. The summed E-state index contributed by atoms with van der Waals surface area (Å²) in [5, 5.41) is 13.3. The molecule has 3 heteroatoms. The Balaban J connectivity index is 1.82. The average Bonchev–Trinajstić information content (AvgIpc) is 2.43. The summed E-state index contributed by atoms with van der Waals surface area (Å²) in [6.07, 6.45) is 4.06. The van der Waals surface area contributed by atoms with Crippen LogP contribution in [0.1, 0.15) is 43.7 Å². The highest BCUT2D eigenvalue weighted by atomic mass is 16.3. The van der Waals surface area contributed by atoms with Gasteiger partial charge in [0.1, 0.15) is 0 Å². The topological polar surface area (TPSA) is 49.3 Å². The predicted octanol–water partition coefficient (Wildman–Crippen LogP) is 2.59. The maximum absolute atomic E-state index is 12.0. The van der Waals surface area contributed by atoms with Crippen molar-refractivity contribution < 1.29 is 9.90 Å². The van der Waals surface area contributed by atoms with Crippen molar-refractivity contribution in [2.45, 2.75) is 51.6 Å². The van der Waals surface area contributed by atoms with Crippen molar-refractivity contribution >= 4 is 5.91 Å². The molecule has 0 heterocycles. The highest BCUT2D eigenvalue weighted by Gasteiger charge is 2.31. The fourth-order valence-corrected chi connectivity index (χ4v) is 2.78. The van der Waals surface area contributed by atoms with E-state index in [2.05, 4.69) is 12.2 Å². The van der Waals surface area contributed by atoms with Gasteiger partial charge < -0.3 is 10.4 Å². The zero-order valence-corrected chi connectivity index (χ0v) is 12.5. The number of hydrogen-bond donors (Lipinski definition) is 2. The molecule has 0 atom stereocenters. The van der Waals surface area contributed by atoms with Gasteiger partial charge in [0.05, 0.1) is 12.0 Å². The van der Waals surface area contributed by atoms with Gasteiger partial charge in [0.2, 0.25) is 5.91 Å². The Kier molecular flexibility index (Phi) is 4.81. The maximum Gasteiger partial charge on any atom is 0.224 e. The van der Waals surface area contributed by atoms with Crippen molar-refractivity contribution in [1.29, 1.82) is 0 Å². The summed E-state index contributed by atoms with van der Waals surface area (Å²) in [6.45, 7) is 4.61. The molecule has 20 heavy (non-hydrogen) atoms. The van der Waals surface area contributed by atoms with Crippen molar-refractivity contribution in [2.24, 2.45) is 5.92 Å². The number of aliphatic hydroxyl groups is 1. The first-order valence-electron chi connectivity index (χ1n) is 7.52. The zero-order valence-electron chi connectivity index (χ0n) is 12.5. The van der Waals surface area contributed by atoms with E-state index in [1.165, 1.54) is 0 Å². The second-order valence-corrected chi connectivity index (χ2v) is 6.29. The van der Waals surface area contributed by atoms with Crippen LogP contribution in [0.4, 0.5) is 0 Å². The molecule has 0 radical (unpaired) electrons. The Bertz CT molecular complexity index is 462. The fourth-order valence-electron chi connectivity index (χ4n) is 2.78. The lowest BCUT2D eigenvalue weighted by atomic mass is 9.79. The molecule has 0 aromatic heterocycles. The van der Waals surface area contributed by atoms with Crippen LogP contribution < -0.4 is 5.32 Å². The summed E-state index contributed by atoms with van der Waals surface area (Å²) in [4.78, 5) is 12.0. The Morgan fingerprint density at radius 2 is 2.00 bits per heavy atom. The summed E-state index contributed by atoms with van der Waals surface area (Å²) in [6, 6.07) is 7.92. The number of carbonyl (C=O) groups excluding carboxylic acids is 1. The molecule has 2 rings (SSSR count). The molecule has 1 saturated carbocycles. The third kappa shape index (κ3) is 4.07. The minimum Gasteiger partial charge on any atom is -0.388 e. The molecule has 1 aliphatic rings. The number of nitrogens with one attached hydrogen (secondary N) is 1. The van der Waals surface area contributed by atoms with Gasteiger partial charge in [-0.25, -0.2) is 0 Å². The van der Waals surface area contributed by atoms with Crippen LogP contribution in [0.15, 0.2) is 24.3 Å². The lowest BCUT2D eigenvalue weighted by molar-refractivity contribution is -0.122. The molecule has 0 unspecified atom stereocenters. The van der Waals surface area contributed by atoms with Gasteiger partial charge in [-0.15, -0.1) is 0 Å². The van der Waals surface area contributed by atoms with E-state index in [-0.39, 0.29) is 5.91 Å². The monoisotopic (exact) mass is 275 g/mol. The number of amides is 1. The second kappa shape index (κ2) is 6.40. The van der Waals surface area contributed by atoms with Crippen LogP contribution in [0.3, 0.4) is 0 Å². The van der Waals surface area contributed by atoms with Crippen molar-refractivity contribution in [3.8, 4) is 0 Å². The number of hydrogen-bond acceptors (Lipinski definition) is 2. The van der Waals surface area contributed by atoms with Gasteiger partial charge in [0, 0.05) is 6.54 Å². The third-order valence-corrected chi connectivity index (χ3v) is 4.43. The molecule has 1 amide bonds. The summed E-state index contributed by atoms with van der Waals surface area (Å²) in [7, 11) is 0. The summed E-state index contributed by atoms with van der Waals surface area (Å²) >= 11 is 0. The number of benzene rings is 1. The Morgan fingerprint density at radius 3 is 2.65 bits per heavy atom. The highest BCUT2D eigenvalue weighted by Crippen LogP contribution is 2.31. The van der Waals surface area contributed by atoms with Crippen molar-refractivity contribution in [3.05, 3.63) is 35.4 Å². The molecule has 1 fully saturated rings. The molecule has 0 saturated heterocycles. The smallest absolute Gasteiger partial charge is 0.224 e. The van der Waals surface area contributed by atoms with Crippen LogP contribution in [0, 0.1) is 12.8 Å². The number of rotatable bonds is 4. The van der Waals surface area contributed by atoms with Gasteiger partial charge >= 0.3 is 0 Å². The van der Waals surface area contributed by atoms with Crippen LogP contribution in [-0.2, 0) is 11.2 Å². The van der Waals surface area contributed by atoms with Crippen LogP contribution >= 0.6 is 0 Å². The van der Waals surface area contributed by atoms with Crippen LogP contribution in [0.2, 0.25) is 0 Å². The molecule has 110 valence electrons. The molecule has 1 aromatic rings. The van der Waals surface area contributed by atoms with Gasteiger partial charge in [0.25, 0.3) is 0 Å². The second-order valence-electron chi connectivity index (χ2n) is 6.29. The lowest BCUT2D eigenvalue weighted by Gasteiger charge is -2.35. The summed E-state index contributed by atoms with van der Waals surface area (Å²) in [5.41, 5.74) is 1.48. The molecule has 3 nitrogen and oxygen atoms in total. The van der Waals surface area contributed by atoms with E-state index in [0.717, 1.165) is 36.8 Å². The Hall–Kier alpha value is -1.35. The Morgan fingerprint density at radius 1 is 1.35 bits per heavy atom.